The predicted octanol–water partition coefficient (Wildman–Crippen LogP) is 1.53. The summed E-state index contributed by atoms with van der Waals surface area (Å²) in [6, 6.07) is 4.18. The van der Waals surface area contributed by atoms with Gasteiger partial charge >= 0.3 is 12.3 Å². The highest BCUT2D eigenvalue weighted by Gasteiger charge is 2.49. The lowest BCUT2D eigenvalue weighted by Gasteiger charge is -2.18. The fraction of sp³-hybridized carbons (Fsp3) is 0.438. The van der Waals surface area contributed by atoms with E-state index in [1.54, 1.807) is 0 Å². The van der Waals surface area contributed by atoms with Gasteiger partial charge in [-0.1, -0.05) is 6.07 Å². The van der Waals surface area contributed by atoms with E-state index in [1.807, 2.05) is 0 Å². The zero-order chi connectivity index (χ0) is 19.1. The predicted molar refractivity (Wildman–Crippen MR) is 81.3 cm³/mol. The van der Waals surface area contributed by atoms with Crippen LogP contribution in [0, 0.1) is 11.8 Å². The van der Waals surface area contributed by atoms with Crippen LogP contribution in [0.3, 0.4) is 0 Å². The molecule has 26 heavy (non-hydrogen) atoms. The largest absolute Gasteiger partial charge is 0.573 e. The summed E-state index contributed by atoms with van der Waals surface area (Å²) in [4.78, 5) is 36.5. The molecule has 2 fully saturated rings. The van der Waals surface area contributed by atoms with Crippen LogP contribution in [0.25, 0.3) is 0 Å². The van der Waals surface area contributed by atoms with Crippen LogP contribution in [0.1, 0.15) is 12.8 Å². The smallest absolute Gasteiger partial charge is 0.481 e. The van der Waals surface area contributed by atoms with Gasteiger partial charge in [-0.05, 0) is 25.0 Å². The molecule has 1 saturated carbocycles. The van der Waals surface area contributed by atoms with Gasteiger partial charge in [-0.15, -0.1) is 13.2 Å². The number of aliphatic carboxylic acids is 1. The molecule has 0 spiro atoms. The third-order valence-corrected chi connectivity index (χ3v) is 4.33. The van der Waals surface area contributed by atoms with Gasteiger partial charge < -0.3 is 20.1 Å². The van der Waals surface area contributed by atoms with Crippen LogP contribution in [0.5, 0.6) is 5.75 Å². The summed E-state index contributed by atoms with van der Waals surface area (Å²) in [7, 11) is 0. The SMILES string of the molecule is O=C(O)C1CC1C(=O)NC1CCN(c2cccc(OC(F)(F)F)c2)C1=O. The molecule has 1 aliphatic carbocycles. The van der Waals surface area contributed by atoms with Crippen molar-refractivity contribution in [1.29, 1.82) is 0 Å². The first-order chi connectivity index (χ1) is 12.2. The summed E-state index contributed by atoms with van der Waals surface area (Å²) < 4.78 is 40.8. The van der Waals surface area contributed by atoms with E-state index in [1.165, 1.54) is 17.0 Å². The fourth-order valence-corrected chi connectivity index (χ4v) is 2.96. The first-order valence-corrected chi connectivity index (χ1v) is 7.86. The highest BCUT2D eigenvalue weighted by Crippen LogP contribution is 2.39. The van der Waals surface area contributed by atoms with Crippen molar-refractivity contribution in [3.63, 3.8) is 0 Å². The topological polar surface area (TPSA) is 95.9 Å². The van der Waals surface area contributed by atoms with E-state index in [0.717, 1.165) is 12.1 Å². The average molecular weight is 372 g/mol. The normalized spacial score (nSPS) is 25.1. The third-order valence-electron chi connectivity index (χ3n) is 4.33. The molecule has 0 aromatic heterocycles. The molecular formula is C16H15F3N2O5. The van der Waals surface area contributed by atoms with Crippen molar-refractivity contribution in [2.24, 2.45) is 11.8 Å². The first-order valence-electron chi connectivity index (χ1n) is 7.86. The minimum atomic E-state index is -4.84. The fourth-order valence-electron chi connectivity index (χ4n) is 2.96. The number of hydrogen-bond acceptors (Lipinski definition) is 4. The second-order valence-electron chi connectivity index (χ2n) is 6.17. The Balaban J connectivity index is 1.63. The first kappa shape index (κ1) is 18.0. The number of amides is 2. The van der Waals surface area contributed by atoms with E-state index in [0.29, 0.717) is 0 Å². The van der Waals surface area contributed by atoms with E-state index in [-0.39, 0.29) is 25.1 Å². The Morgan fingerprint density at radius 3 is 2.62 bits per heavy atom. The number of carboxylic acid groups (broad SMARTS) is 1. The molecule has 1 heterocycles. The van der Waals surface area contributed by atoms with Crippen molar-refractivity contribution in [2.45, 2.75) is 25.2 Å². The second kappa shape index (κ2) is 6.50. The van der Waals surface area contributed by atoms with Crippen LogP contribution >= 0.6 is 0 Å². The summed E-state index contributed by atoms with van der Waals surface area (Å²) in [5.41, 5.74) is 0.225. The molecule has 7 nitrogen and oxygen atoms in total. The van der Waals surface area contributed by atoms with Gasteiger partial charge in [-0.25, -0.2) is 0 Å². The molecule has 0 bridgehead atoms. The molecule has 2 aliphatic rings. The lowest BCUT2D eigenvalue weighted by Crippen LogP contribution is -2.42. The monoisotopic (exact) mass is 372 g/mol. The summed E-state index contributed by atoms with van der Waals surface area (Å²) in [5, 5.41) is 11.4. The number of alkyl halides is 3. The van der Waals surface area contributed by atoms with Crippen molar-refractivity contribution in [3.8, 4) is 5.75 Å². The summed E-state index contributed by atoms with van der Waals surface area (Å²) in [6.45, 7) is 0.215. The van der Waals surface area contributed by atoms with Crippen LogP contribution in [-0.2, 0) is 14.4 Å². The van der Waals surface area contributed by atoms with Crippen molar-refractivity contribution in [2.75, 3.05) is 11.4 Å². The number of hydrogen-bond donors (Lipinski definition) is 2. The van der Waals surface area contributed by atoms with E-state index >= 15 is 0 Å². The van der Waals surface area contributed by atoms with Crippen LogP contribution in [0.4, 0.5) is 18.9 Å². The molecule has 3 atom stereocenters. The molecule has 2 amide bonds. The van der Waals surface area contributed by atoms with Gasteiger partial charge in [0.1, 0.15) is 11.8 Å². The summed E-state index contributed by atoms with van der Waals surface area (Å²) >= 11 is 0. The Kier molecular flexibility index (Phi) is 4.51. The molecule has 2 N–H and O–H groups in total. The number of halogens is 3. The molecule has 1 aromatic carbocycles. The lowest BCUT2D eigenvalue weighted by atomic mass is 10.2. The second-order valence-corrected chi connectivity index (χ2v) is 6.17. The minimum absolute atomic E-state index is 0.215. The number of carbonyl (C=O) groups is 3. The van der Waals surface area contributed by atoms with E-state index in [4.69, 9.17) is 5.11 Å². The zero-order valence-corrected chi connectivity index (χ0v) is 13.3. The number of nitrogens with zero attached hydrogens (tertiary/aromatic N) is 1. The molecule has 1 aliphatic heterocycles. The zero-order valence-electron chi connectivity index (χ0n) is 13.3. The van der Waals surface area contributed by atoms with Gasteiger partial charge in [0.2, 0.25) is 11.8 Å². The maximum Gasteiger partial charge on any atom is 0.573 e. The van der Waals surface area contributed by atoms with E-state index in [2.05, 4.69) is 10.1 Å². The van der Waals surface area contributed by atoms with Gasteiger partial charge in [-0.3, -0.25) is 14.4 Å². The Morgan fingerprint density at radius 1 is 1.27 bits per heavy atom. The van der Waals surface area contributed by atoms with Gasteiger partial charge in [-0.2, -0.15) is 0 Å². The minimum Gasteiger partial charge on any atom is -0.481 e. The van der Waals surface area contributed by atoms with E-state index < -0.39 is 47.8 Å². The van der Waals surface area contributed by atoms with Gasteiger partial charge in [0.15, 0.2) is 0 Å². The maximum absolute atomic E-state index is 12.4. The number of anilines is 1. The van der Waals surface area contributed by atoms with Crippen molar-refractivity contribution in [3.05, 3.63) is 24.3 Å². The molecule has 140 valence electrons. The molecule has 3 rings (SSSR count). The molecular weight excluding hydrogens is 357 g/mol. The third kappa shape index (κ3) is 3.89. The lowest BCUT2D eigenvalue weighted by molar-refractivity contribution is -0.274. The Bertz CT molecular complexity index is 752. The van der Waals surface area contributed by atoms with Gasteiger partial charge in [0, 0.05) is 18.3 Å². The number of nitrogens with one attached hydrogen (secondary N) is 1. The number of rotatable bonds is 5. The number of ether oxygens (including phenoxy) is 1. The summed E-state index contributed by atoms with van der Waals surface area (Å²) in [5.74, 6) is -3.82. The maximum atomic E-state index is 12.4. The van der Waals surface area contributed by atoms with Gasteiger partial charge in [0.25, 0.3) is 0 Å². The number of carboxylic acids is 1. The number of benzene rings is 1. The molecule has 10 heteroatoms. The average Bonchev–Trinajstić information content (AvgIpc) is 3.26. The van der Waals surface area contributed by atoms with Crippen molar-refractivity contribution >= 4 is 23.5 Å². The molecule has 1 saturated heterocycles. The molecule has 1 aromatic rings. The number of carbonyl (C=O) groups excluding carboxylic acids is 2. The Morgan fingerprint density at radius 2 is 2.00 bits per heavy atom. The van der Waals surface area contributed by atoms with E-state index in [9.17, 15) is 27.6 Å². The summed E-state index contributed by atoms with van der Waals surface area (Å²) in [6.07, 6.45) is -4.32. The highest BCUT2D eigenvalue weighted by atomic mass is 19.4. The Labute approximate surface area is 145 Å². The van der Waals surface area contributed by atoms with Crippen LogP contribution in [-0.4, -0.2) is 41.8 Å². The van der Waals surface area contributed by atoms with Crippen molar-refractivity contribution < 1.29 is 37.4 Å². The van der Waals surface area contributed by atoms with Crippen molar-refractivity contribution in [1.82, 2.24) is 5.32 Å². The quantitative estimate of drug-likeness (QED) is 0.817. The van der Waals surface area contributed by atoms with Crippen LogP contribution in [0.15, 0.2) is 24.3 Å². The molecule has 3 unspecified atom stereocenters. The highest BCUT2D eigenvalue weighted by molar-refractivity contribution is 6.02. The standard InChI is InChI=1S/C16H15F3N2O5/c17-16(18,19)26-9-3-1-2-8(6-9)21-5-4-12(14(21)23)20-13(22)10-7-11(10)15(24)25/h1-3,6,10-12H,4-5,7H2,(H,20,22)(H,24,25). The van der Waals surface area contributed by atoms with Crippen LogP contribution in [0.2, 0.25) is 0 Å². The molecule has 0 radical (unpaired) electrons. The van der Waals surface area contributed by atoms with Gasteiger partial charge in [0.05, 0.1) is 11.8 Å². The Hall–Kier alpha value is -2.78. The van der Waals surface area contributed by atoms with Crippen LogP contribution < -0.4 is 15.0 Å².